The molecule has 0 bridgehead atoms. The minimum Gasteiger partial charge on any atom is -0.493 e. The Labute approximate surface area is 179 Å². The van der Waals surface area contributed by atoms with Crippen LogP contribution in [0.3, 0.4) is 0 Å². The highest BCUT2D eigenvalue weighted by Crippen LogP contribution is 2.32. The molecule has 0 aliphatic rings. The van der Waals surface area contributed by atoms with E-state index in [-0.39, 0.29) is 11.9 Å². The van der Waals surface area contributed by atoms with Crippen LogP contribution in [0.15, 0.2) is 78.9 Å². The molecular formula is C26H29NO3. The Bertz CT molecular complexity index is 915. The van der Waals surface area contributed by atoms with Gasteiger partial charge in [0, 0.05) is 12.6 Å². The lowest BCUT2D eigenvalue weighted by atomic mass is 9.97. The van der Waals surface area contributed by atoms with Crippen molar-refractivity contribution in [2.24, 2.45) is 5.92 Å². The van der Waals surface area contributed by atoms with Gasteiger partial charge in [-0.1, -0.05) is 74.5 Å². The number of nitrogens with zero attached hydrogens (tertiary/aromatic N) is 1. The van der Waals surface area contributed by atoms with Crippen LogP contribution in [0, 0.1) is 5.92 Å². The molecule has 156 valence electrons. The van der Waals surface area contributed by atoms with E-state index >= 15 is 0 Å². The molecule has 0 heterocycles. The Morgan fingerprint density at radius 2 is 1.43 bits per heavy atom. The van der Waals surface area contributed by atoms with Crippen molar-refractivity contribution in [3.05, 3.63) is 95.6 Å². The molecule has 0 spiro atoms. The normalized spacial score (nSPS) is 10.9. The largest absolute Gasteiger partial charge is 0.493 e. The monoisotopic (exact) mass is 403 g/mol. The van der Waals surface area contributed by atoms with Gasteiger partial charge in [-0.25, -0.2) is 0 Å². The lowest BCUT2D eigenvalue weighted by Gasteiger charge is -2.29. The third-order valence-electron chi connectivity index (χ3n) is 4.92. The van der Waals surface area contributed by atoms with Gasteiger partial charge < -0.3 is 14.4 Å². The molecule has 0 fully saturated rings. The van der Waals surface area contributed by atoms with Crippen molar-refractivity contribution in [1.82, 2.24) is 4.90 Å². The molecule has 3 rings (SSSR count). The van der Waals surface area contributed by atoms with E-state index in [4.69, 9.17) is 9.47 Å². The van der Waals surface area contributed by atoms with E-state index in [1.54, 1.807) is 24.1 Å². The first-order valence-electron chi connectivity index (χ1n) is 10.2. The fourth-order valence-corrected chi connectivity index (χ4v) is 3.41. The van der Waals surface area contributed by atoms with Gasteiger partial charge in [-0.05, 0) is 35.2 Å². The van der Waals surface area contributed by atoms with E-state index in [0.717, 1.165) is 11.1 Å². The number of hydrogen-bond donors (Lipinski definition) is 0. The van der Waals surface area contributed by atoms with Crippen molar-refractivity contribution < 1.29 is 14.3 Å². The zero-order chi connectivity index (χ0) is 21.5. The maximum absolute atomic E-state index is 13.4. The average Bonchev–Trinajstić information content (AvgIpc) is 2.78. The molecule has 4 heteroatoms. The van der Waals surface area contributed by atoms with Gasteiger partial charge in [-0.15, -0.1) is 0 Å². The van der Waals surface area contributed by atoms with Crippen molar-refractivity contribution in [2.45, 2.75) is 19.9 Å². The van der Waals surface area contributed by atoms with E-state index in [9.17, 15) is 4.79 Å². The number of ether oxygens (including phenoxy) is 2. The fourth-order valence-electron chi connectivity index (χ4n) is 3.41. The van der Waals surface area contributed by atoms with Crippen LogP contribution in [0.1, 0.15) is 41.4 Å². The molecule has 1 amide bonds. The average molecular weight is 404 g/mol. The number of methoxy groups -OCH3 is 1. The summed E-state index contributed by atoms with van der Waals surface area (Å²) in [5.74, 6) is 1.53. The van der Waals surface area contributed by atoms with Crippen molar-refractivity contribution in [3.63, 3.8) is 0 Å². The van der Waals surface area contributed by atoms with Crippen LogP contribution in [-0.4, -0.2) is 31.6 Å². The summed E-state index contributed by atoms with van der Waals surface area (Å²) in [6.07, 6.45) is 0. The predicted octanol–water partition coefficient (Wildman–Crippen LogP) is 5.59. The molecule has 3 aromatic rings. The van der Waals surface area contributed by atoms with Crippen LogP contribution < -0.4 is 9.47 Å². The maximum Gasteiger partial charge on any atom is 0.254 e. The van der Waals surface area contributed by atoms with Crippen molar-refractivity contribution in [3.8, 4) is 11.5 Å². The van der Waals surface area contributed by atoms with Gasteiger partial charge in [0.05, 0.1) is 19.8 Å². The van der Waals surface area contributed by atoms with Gasteiger partial charge in [-0.2, -0.15) is 0 Å². The highest BCUT2D eigenvalue weighted by Gasteiger charge is 2.25. The van der Waals surface area contributed by atoms with Gasteiger partial charge in [0.15, 0.2) is 11.5 Å². The van der Waals surface area contributed by atoms with Gasteiger partial charge in [-0.3, -0.25) is 4.79 Å². The molecule has 0 unspecified atom stereocenters. The quantitative estimate of drug-likeness (QED) is 0.492. The second-order valence-corrected chi connectivity index (χ2v) is 7.71. The summed E-state index contributed by atoms with van der Waals surface area (Å²) in [6.45, 7) is 4.77. The summed E-state index contributed by atoms with van der Waals surface area (Å²) in [5.41, 5.74) is 2.68. The first-order chi connectivity index (χ1) is 14.5. The molecule has 0 N–H and O–H groups in total. The molecule has 0 saturated heterocycles. The van der Waals surface area contributed by atoms with Crippen LogP contribution in [0.4, 0.5) is 0 Å². The van der Waals surface area contributed by atoms with Gasteiger partial charge >= 0.3 is 0 Å². The first-order valence-corrected chi connectivity index (χ1v) is 10.2. The summed E-state index contributed by atoms with van der Waals surface area (Å²) in [6, 6.07) is 25.3. The molecular weight excluding hydrogens is 374 g/mol. The van der Waals surface area contributed by atoms with Crippen molar-refractivity contribution in [2.75, 3.05) is 20.8 Å². The van der Waals surface area contributed by atoms with Gasteiger partial charge in [0.25, 0.3) is 5.91 Å². The highest BCUT2D eigenvalue weighted by atomic mass is 16.5. The van der Waals surface area contributed by atoms with Crippen molar-refractivity contribution >= 4 is 5.91 Å². The van der Waals surface area contributed by atoms with Crippen LogP contribution in [0.5, 0.6) is 11.5 Å². The predicted molar refractivity (Wildman–Crippen MR) is 120 cm³/mol. The Balaban J connectivity index is 1.92. The van der Waals surface area contributed by atoms with Crippen molar-refractivity contribution in [1.29, 1.82) is 0 Å². The summed E-state index contributed by atoms with van der Waals surface area (Å²) in [5, 5.41) is 0. The third-order valence-corrected chi connectivity index (χ3v) is 4.92. The Hall–Kier alpha value is -3.27. The number of amides is 1. The van der Waals surface area contributed by atoms with E-state index < -0.39 is 0 Å². The van der Waals surface area contributed by atoms with E-state index in [1.807, 2.05) is 73.8 Å². The molecule has 0 aromatic heterocycles. The molecule has 4 nitrogen and oxygen atoms in total. The summed E-state index contributed by atoms with van der Waals surface area (Å²) in [4.78, 5) is 15.2. The van der Waals surface area contributed by atoms with Crippen LogP contribution in [0.25, 0.3) is 0 Å². The molecule has 0 radical (unpaired) electrons. The Kier molecular flexibility index (Phi) is 7.12. The summed E-state index contributed by atoms with van der Waals surface area (Å²) < 4.78 is 11.3. The Morgan fingerprint density at radius 3 is 1.93 bits per heavy atom. The van der Waals surface area contributed by atoms with E-state index in [0.29, 0.717) is 29.6 Å². The molecule has 0 saturated carbocycles. The standard InChI is InChI=1S/C26H29NO3/c1-19(2)18-30-23-16-15-22(17-24(23)29-4)26(28)27(3)25(20-11-7-5-8-12-20)21-13-9-6-10-14-21/h5-17,19,25H,18H2,1-4H3. The highest BCUT2D eigenvalue weighted by molar-refractivity contribution is 5.95. The topological polar surface area (TPSA) is 38.8 Å². The minimum absolute atomic E-state index is 0.0820. The second kappa shape index (κ2) is 9.97. The molecule has 3 aromatic carbocycles. The smallest absolute Gasteiger partial charge is 0.254 e. The number of carbonyl (C=O) groups is 1. The number of rotatable bonds is 8. The number of carbonyl (C=O) groups excluding carboxylic acids is 1. The zero-order valence-corrected chi connectivity index (χ0v) is 18.0. The second-order valence-electron chi connectivity index (χ2n) is 7.71. The summed E-state index contributed by atoms with van der Waals surface area (Å²) in [7, 11) is 3.43. The molecule has 30 heavy (non-hydrogen) atoms. The first kappa shape index (κ1) is 21.4. The van der Waals surface area contributed by atoms with Crippen LogP contribution in [0.2, 0.25) is 0 Å². The number of hydrogen-bond acceptors (Lipinski definition) is 3. The summed E-state index contributed by atoms with van der Waals surface area (Å²) >= 11 is 0. The SMILES string of the molecule is COc1cc(C(=O)N(C)C(c2ccccc2)c2ccccc2)ccc1OCC(C)C. The zero-order valence-electron chi connectivity index (χ0n) is 18.0. The van der Waals surface area contributed by atoms with Gasteiger partial charge in [0.1, 0.15) is 0 Å². The third kappa shape index (κ3) is 5.01. The van der Waals surface area contributed by atoms with Crippen LogP contribution in [-0.2, 0) is 0 Å². The van der Waals surface area contributed by atoms with E-state index in [2.05, 4.69) is 13.8 Å². The van der Waals surface area contributed by atoms with Gasteiger partial charge in [0.2, 0.25) is 0 Å². The molecule has 0 aliphatic carbocycles. The molecule has 0 atom stereocenters. The van der Waals surface area contributed by atoms with E-state index in [1.165, 1.54) is 0 Å². The lowest BCUT2D eigenvalue weighted by molar-refractivity contribution is 0.0754. The minimum atomic E-state index is -0.192. The number of benzene rings is 3. The van der Waals surface area contributed by atoms with Crippen LogP contribution >= 0.6 is 0 Å². The molecule has 0 aliphatic heterocycles. The lowest BCUT2D eigenvalue weighted by Crippen LogP contribution is -2.32. The maximum atomic E-state index is 13.4. The Morgan fingerprint density at radius 1 is 0.867 bits per heavy atom. The fraction of sp³-hybridized carbons (Fsp3) is 0.269.